The van der Waals surface area contributed by atoms with Gasteiger partial charge in [0.15, 0.2) is 0 Å². The molecule has 1 aliphatic heterocycles. The summed E-state index contributed by atoms with van der Waals surface area (Å²) in [5.41, 5.74) is 0.257. The minimum Gasteiger partial charge on any atom is -0.365 e. The van der Waals surface area contributed by atoms with Gasteiger partial charge in [0, 0.05) is 13.7 Å². The number of carbonyl (C=O) groups is 1. The van der Waals surface area contributed by atoms with Crippen LogP contribution in [0.4, 0.5) is 0 Å². The Kier molecular flexibility index (Phi) is 3.44. The lowest BCUT2D eigenvalue weighted by Crippen LogP contribution is -2.44. The molecule has 1 atom stereocenters. The lowest BCUT2D eigenvalue weighted by molar-refractivity contribution is -0.150. The van der Waals surface area contributed by atoms with Crippen molar-refractivity contribution in [1.82, 2.24) is 14.5 Å². The van der Waals surface area contributed by atoms with E-state index in [2.05, 4.69) is 9.59 Å². The molecule has 6 heteroatoms. The molecule has 2 heterocycles. The topological polar surface area (TPSA) is 55.3 Å². The van der Waals surface area contributed by atoms with Crippen LogP contribution in [0.3, 0.4) is 0 Å². The van der Waals surface area contributed by atoms with Crippen molar-refractivity contribution in [3.8, 4) is 0 Å². The van der Waals surface area contributed by atoms with Crippen LogP contribution >= 0.6 is 11.5 Å². The second kappa shape index (κ2) is 4.70. The minimum absolute atomic E-state index is 0.0443. The summed E-state index contributed by atoms with van der Waals surface area (Å²) in [5, 5.41) is 3.94. The van der Waals surface area contributed by atoms with E-state index in [0.29, 0.717) is 13.2 Å². The molecule has 17 heavy (non-hydrogen) atoms. The third kappa shape index (κ3) is 2.47. The van der Waals surface area contributed by atoms with E-state index in [1.165, 1.54) is 11.5 Å². The molecule has 94 valence electrons. The molecule has 1 aromatic heterocycles. The van der Waals surface area contributed by atoms with Gasteiger partial charge in [0.1, 0.15) is 5.60 Å². The van der Waals surface area contributed by atoms with Crippen LogP contribution in [-0.4, -0.2) is 39.6 Å². The molecule has 0 radical (unpaired) electrons. The van der Waals surface area contributed by atoms with E-state index in [9.17, 15) is 4.79 Å². The monoisotopic (exact) mass is 255 g/mol. The summed E-state index contributed by atoms with van der Waals surface area (Å²) in [6.07, 6.45) is 1.76. The number of rotatable bonds is 3. The lowest BCUT2D eigenvalue weighted by atomic mass is 10.0. The molecule has 0 N–H and O–H groups in total. The number of hydrogen-bond acceptors (Lipinski definition) is 5. The van der Waals surface area contributed by atoms with Crippen LogP contribution in [0.25, 0.3) is 0 Å². The zero-order chi connectivity index (χ0) is 12.5. The highest BCUT2D eigenvalue weighted by molar-refractivity contribution is 7.05. The molecule has 0 aromatic carbocycles. The zero-order valence-corrected chi connectivity index (χ0v) is 11.2. The van der Waals surface area contributed by atoms with Crippen molar-refractivity contribution in [2.24, 2.45) is 0 Å². The molecule has 1 fully saturated rings. The molecule has 0 spiro atoms. The molecule has 0 aliphatic carbocycles. The van der Waals surface area contributed by atoms with E-state index in [4.69, 9.17) is 4.74 Å². The van der Waals surface area contributed by atoms with Gasteiger partial charge in [0.05, 0.1) is 17.1 Å². The Hall–Kier alpha value is -1.01. The molecule has 0 saturated carbocycles. The number of amides is 1. The van der Waals surface area contributed by atoms with Crippen LogP contribution < -0.4 is 0 Å². The van der Waals surface area contributed by atoms with Gasteiger partial charge >= 0.3 is 0 Å². The SMILES string of the molecule is Cc1nnsc1CN(C)C(=O)[C@@]1(C)CCCO1. The van der Waals surface area contributed by atoms with Crippen molar-refractivity contribution in [3.63, 3.8) is 0 Å². The van der Waals surface area contributed by atoms with Gasteiger partial charge in [0.25, 0.3) is 5.91 Å². The maximum Gasteiger partial charge on any atom is 0.254 e. The van der Waals surface area contributed by atoms with Crippen LogP contribution in [0, 0.1) is 6.92 Å². The Balaban J connectivity index is 2.03. The second-order valence-electron chi connectivity index (χ2n) is 4.63. The van der Waals surface area contributed by atoms with Gasteiger partial charge in [0.2, 0.25) is 0 Å². The number of carbonyl (C=O) groups excluding carboxylic acids is 1. The maximum absolute atomic E-state index is 12.3. The van der Waals surface area contributed by atoms with Crippen LogP contribution in [0.5, 0.6) is 0 Å². The van der Waals surface area contributed by atoms with Crippen molar-refractivity contribution in [1.29, 1.82) is 0 Å². The van der Waals surface area contributed by atoms with Crippen molar-refractivity contribution in [2.45, 2.75) is 38.8 Å². The molecule has 2 rings (SSSR count). The van der Waals surface area contributed by atoms with Crippen LogP contribution in [-0.2, 0) is 16.1 Å². The number of hydrogen-bond donors (Lipinski definition) is 0. The largest absolute Gasteiger partial charge is 0.365 e. The highest BCUT2D eigenvalue weighted by atomic mass is 32.1. The molecule has 5 nitrogen and oxygen atoms in total. The molecule has 0 unspecified atom stereocenters. The lowest BCUT2D eigenvalue weighted by Gasteiger charge is -2.27. The normalized spacial score (nSPS) is 23.9. The molecular formula is C11H17N3O2S. The summed E-state index contributed by atoms with van der Waals surface area (Å²) in [6, 6.07) is 0. The first-order valence-electron chi connectivity index (χ1n) is 5.70. The number of aromatic nitrogens is 2. The van der Waals surface area contributed by atoms with Crippen molar-refractivity contribution in [3.05, 3.63) is 10.6 Å². The Morgan fingerprint density at radius 1 is 1.65 bits per heavy atom. The highest BCUT2D eigenvalue weighted by Gasteiger charge is 2.39. The van der Waals surface area contributed by atoms with Gasteiger partial charge in [-0.05, 0) is 38.2 Å². The Morgan fingerprint density at radius 3 is 2.94 bits per heavy atom. The van der Waals surface area contributed by atoms with E-state index in [1.54, 1.807) is 11.9 Å². The van der Waals surface area contributed by atoms with Crippen LogP contribution in [0.1, 0.15) is 30.3 Å². The summed E-state index contributed by atoms with van der Waals surface area (Å²) in [4.78, 5) is 15.0. The van der Waals surface area contributed by atoms with E-state index in [1.807, 2.05) is 13.8 Å². The predicted octanol–water partition coefficient (Wildman–Crippen LogP) is 1.37. The smallest absolute Gasteiger partial charge is 0.254 e. The quantitative estimate of drug-likeness (QED) is 0.818. The average molecular weight is 255 g/mol. The first-order chi connectivity index (χ1) is 8.03. The third-order valence-corrected chi connectivity index (χ3v) is 3.95. The van der Waals surface area contributed by atoms with E-state index >= 15 is 0 Å². The molecule has 0 bridgehead atoms. The molecule has 1 saturated heterocycles. The van der Waals surface area contributed by atoms with Crippen molar-refractivity contribution in [2.75, 3.05) is 13.7 Å². The fraction of sp³-hybridized carbons (Fsp3) is 0.727. The highest BCUT2D eigenvalue weighted by Crippen LogP contribution is 2.27. The number of aryl methyl sites for hydroxylation is 1. The Bertz CT molecular complexity index is 413. The first kappa shape index (κ1) is 12.4. The van der Waals surface area contributed by atoms with Gasteiger partial charge in [-0.1, -0.05) is 4.49 Å². The van der Waals surface area contributed by atoms with Gasteiger partial charge in [-0.2, -0.15) is 0 Å². The summed E-state index contributed by atoms with van der Waals surface area (Å²) in [5.74, 6) is 0.0443. The standard InChI is InChI=1S/C11H17N3O2S/c1-8-9(17-13-12-8)7-14(3)10(15)11(2)5-4-6-16-11/h4-7H2,1-3H3/t11-/m1/s1. The molecular weight excluding hydrogens is 238 g/mol. The maximum atomic E-state index is 12.3. The second-order valence-corrected chi connectivity index (χ2v) is 5.46. The average Bonchev–Trinajstić information content (AvgIpc) is 2.89. The number of likely N-dealkylation sites (N-methyl/N-ethyl adjacent to an activating group) is 1. The van der Waals surface area contributed by atoms with E-state index in [-0.39, 0.29) is 5.91 Å². The summed E-state index contributed by atoms with van der Waals surface area (Å²) in [7, 11) is 1.80. The molecule has 1 aliphatic rings. The number of nitrogens with zero attached hydrogens (tertiary/aromatic N) is 3. The van der Waals surface area contributed by atoms with E-state index in [0.717, 1.165) is 23.4 Å². The predicted molar refractivity (Wildman–Crippen MR) is 64.7 cm³/mol. The van der Waals surface area contributed by atoms with Crippen molar-refractivity contribution < 1.29 is 9.53 Å². The Morgan fingerprint density at radius 2 is 2.41 bits per heavy atom. The van der Waals surface area contributed by atoms with E-state index < -0.39 is 5.60 Å². The molecule has 1 amide bonds. The minimum atomic E-state index is -0.638. The zero-order valence-electron chi connectivity index (χ0n) is 10.4. The van der Waals surface area contributed by atoms with Crippen LogP contribution in [0.15, 0.2) is 0 Å². The van der Waals surface area contributed by atoms with Gasteiger partial charge < -0.3 is 9.64 Å². The summed E-state index contributed by atoms with van der Waals surface area (Å²) < 4.78 is 9.43. The first-order valence-corrected chi connectivity index (χ1v) is 6.47. The van der Waals surface area contributed by atoms with Gasteiger partial charge in [-0.15, -0.1) is 5.10 Å². The van der Waals surface area contributed by atoms with Gasteiger partial charge in [-0.25, -0.2) is 0 Å². The Labute approximate surface area is 105 Å². The summed E-state index contributed by atoms with van der Waals surface area (Å²) in [6.45, 7) is 5.01. The summed E-state index contributed by atoms with van der Waals surface area (Å²) >= 11 is 1.34. The fourth-order valence-corrected chi connectivity index (χ4v) is 2.72. The van der Waals surface area contributed by atoms with Crippen LogP contribution in [0.2, 0.25) is 0 Å². The molecule has 1 aromatic rings. The third-order valence-electron chi connectivity index (χ3n) is 3.14. The number of ether oxygens (including phenoxy) is 1. The van der Waals surface area contributed by atoms with Gasteiger partial charge in [-0.3, -0.25) is 4.79 Å². The van der Waals surface area contributed by atoms with Crippen molar-refractivity contribution >= 4 is 17.4 Å². The fourth-order valence-electron chi connectivity index (χ4n) is 2.03.